The van der Waals surface area contributed by atoms with Gasteiger partial charge in [0.2, 0.25) is 10.0 Å². The van der Waals surface area contributed by atoms with Gasteiger partial charge < -0.3 is 4.90 Å². The van der Waals surface area contributed by atoms with Gasteiger partial charge in [-0.15, -0.1) is 0 Å². The average molecular weight is 462 g/mol. The van der Waals surface area contributed by atoms with Gasteiger partial charge in [-0.25, -0.2) is 22.8 Å². The molecule has 2 aromatic heterocycles. The summed E-state index contributed by atoms with van der Waals surface area (Å²) < 4.78 is 38.2. The molecule has 162 valence electrons. The van der Waals surface area contributed by atoms with Crippen LogP contribution in [0.2, 0.25) is 5.02 Å². The molecule has 0 radical (unpaired) electrons. The van der Waals surface area contributed by atoms with Crippen molar-refractivity contribution in [2.45, 2.75) is 0 Å². The topological polar surface area (TPSA) is 79.3 Å². The molecule has 0 spiro atoms. The Labute approximate surface area is 185 Å². The standard InChI is InChI=1S/C21H21ClFN5O2S/c22-18-5-3-16(4-6-18)19-14-20(26-21(25-19)17-2-1-8-24-15-17)27-9-11-28(12-10-27)31(29,30)13-7-23/h1-6,8,14-15H,7,9-13H2. The minimum absolute atomic E-state index is 0.283. The molecule has 4 rings (SSSR count). The van der Waals surface area contributed by atoms with Gasteiger partial charge in [-0.2, -0.15) is 4.31 Å². The normalized spacial score (nSPS) is 15.2. The lowest BCUT2D eigenvalue weighted by atomic mass is 10.1. The van der Waals surface area contributed by atoms with E-state index in [0.29, 0.717) is 29.8 Å². The van der Waals surface area contributed by atoms with E-state index < -0.39 is 22.5 Å². The van der Waals surface area contributed by atoms with Gasteiger partial charge in [-0.05, 0) is 24.3 Å². The molecule has 0 amide bonds. The maximum Gasteiger partial charge on any atom is 0.216 e. The van der Waals surface area contributed by atoms with Gasteiger partial charge in [0, 0.05) is 60.8 Å². The second kappa shape index (κ2) is 9.25. The number of benzene rings is 1. The van der Waals surface area contributed by atoms with Crippen LogP contribution in [0.3, 0.4) is 0 Å². The van der Waals surface area contributed by atoms with Crippen molar-refractivity contribution in [3.63, 3.8) is 0 Å². The summed E-state index contributed by atoms with van der Waals surface area (Å²) in [5.74, 6) is 0.746. The number of aromatic nitrogens is 3. The number of sulfonamides is 1. The fraction of sp³-hybridized carbons (Fsp3) is 0.286. The zero-order valence-corrected chi connectivity index (χ0v) is 18.2. The monoisotopic (exact) mass is 461 g/mol. The van der Waals surface area contributed by atoms with E-state index in [4.69, 9.17) is 21.6 Å². The van der Waals surface area contributed by atoms with E-state index in [1.165, 1.54) is 4.31 Å². The Hall–Kier alpha value is -2.62. The van der Waals surface area contributed by atoms with Crippen molar-refractivity contribution in [1.82, 2.24) is 19.3 Å². The summed E-state index contributed by atoms with van der Waals surface area (Å²) in [6, 6.07) is 13.0. The van der Waals surface area contributed by atoms with E-state index in [0.717, 1.165) is 16.8 Å². The Kier molecular flexibility index (Phi) is 6.45. The second-order valence-corrected chi connectivity index (χ2v) is 9.60. The number of hydrogen-bond donors (Lipinski definition) is 0. The predicted molar refractivity (Wildman–Crippen MR) is 119 cm³/mol. The molecule has 0 N–H and O–H groups in total. The van der Waals surface area contributed by atoms with E-state index in [1.807, 2.05) is 35.2 Å². The Morgan fingerprint density at radius 2 is 1.74 bits per heavy atom. The van der Waals surface area contributed by atoms with Crippen LogP contribution in [0.5, 0.6) is 0 Å². The highest BCUT2D eigenvalue weighted by atomic mass is 35.5. The zero-order valence-electron chi connectivity index (χ0n) is 16.7. The van der Waals surface area contributed by atoms with Crippen LogP contribution in [0.15, 0.2) is 54.9 Å². The predicted octanol–water partition coefficient (Wildman–Crippen LogP) is 3.28. The molecule has 0 aliphatic carbocycles. The highest BCUT2D eigenvalue weighted by Crippen LogP contribution is 2.27. The minimum atomic E-state index is -3.57. The number of alkyl halides is 1. The summed E-state index contributed by atoms with van der Waals surface area (Å²) in [5.41, 5.74) is 2.40. The van der Waals surface area contributed by atoms with Gasteiger partial charge in [0.25, 0.3) is 0 Å². The van der Waals surface area contributed by atoms with E-state index >= 15 is 0 Å². The highest BCUT2D eigenvalue weighted by molar-refractivity contribution is 7.89. The molecule has 1 saturated heterocycles. The molecule has 0 unspecified atom stereocenters. The molecule has 1 aromatic carbocycles. The average Bonchev–Trinajstić information content (AvgIpc) is 2.80. The maximum atomic E-state index is 12.6. The molecular formula is C21H21ClFN5O2S. The molecule has 1 aliphatic rings. The van der Waals surface area contributed by atoms with Crippen LogP contribution >= 0.6 is 11.6 Å². The SMILES string of the molecule is O=S(=O)(CCF)N1CCN(c2cc(-c3ccc(Cl)cc3)nc(-c3cccnc3)n2)CC1. The van der Waals surface area contributed by atoms with Gasteiger partial charge in [0.15, 0.2) is 5.82 Å². The lowest BCUT2D eigenvalue weighted by Crippen LogP contribution is -2.49. The number of halogens is 2. The van der Waals surface area contributed by atoms with Crippen molar-refractivity contribution in [1.29, 1.82) is 0 Å². The highest BCUT2D eigenvalue weighted by Gasteiger charge is 2.27. The quantitative estimate of drug-likeness (QED) is 0.560. The molecule has 3 heterocycles. The largest absolute Gasteiger partial charge is 0.354 e. The van der Waals surface area contributed by atoms with Crippen molar-refractivity contribution in [2.24, 2.45) is 0 Å². The molecule has 0 bridgehead atoms. The minimum Gasteiger partial charge on any atom is -0.354 e. The second-order valence-electron chi connectivity index (χ2n) is 7.07. The van der Waals surface area contributed by atoms with Crippen molar-refractivity contribution < 1.29 is 12.8 Å². The van der Waals surface area contributed by atoms with Crippen LogP contribution in [-0.2, 0) is 10.0 Å². The van der Waals surface area contributed by atoms with Gasteiger partial charge >= 0.3 is 0 Å². The first-order valence-corrected chi connectivity index (χ1v) is 11.8. The molecule has 1 fully saturated rings. The van der Waals surface area contributed by atoms with E-state index in [2.05, 4.69) is 4.98 Å². The van der Waals surface area contributed by atoms with Gasteiger partial charge in [-0.3, -0.25) is 4.98 Å². The van der Waals surface area contributed by atoms with Crippen LogP contribution < -0.4 is 4.90 Å². The third kappa shape index (κ3) is 5.00. The summed E-state index contributed by atoms with van der Waals surface area (Å²) >= 11 is 6.03. The van der Waals surface area contributed by atoms with Crippen molar-refractivity contribution >= 4 is 27.4 Å². The Balaban J connectivity index is 1.66. The molecule has 0 atom stereocenters. The first-order valence-electron chi connectivity index (χ1n) is 9.80. The smallest absolute Gasteiger partial charge is 0.216 e. The number of anilines is 1. The Morgan fingerprint density at radius 1 is 1.00 bits per heavy atom. The molecule has 3 aromatic rings. The summed E-state index contributed by atoms with van der Waals surface area (Å²) in [7, 11) is -3.57. The van der Waals surface area contributed by atoms with Crippen molar-refractivity contribution in [3.05, 3.63) is 59.9 Å². The van der Waals surface area contributed by atoms with Gasteiger partial charge in [0.1, 0.15) is 12.5 Å². The number of pyridine rings is 1. The van der Waals surface area contributed by atoms with Crippen LogP contribution in [0.25, 0.3) is 22.6 Å². The van der Waals surface area contributed by atoms with E-state index in [1.54, 1.807) is 24.5 Å². The number of hydrogen-bond acceptors (Lipinski definition) is 6. The lowest BCUT2D eigenvalue weighted by molar-refractivity contribution is 0.380. The van der Waals surface area contributed by atoms with Gasteiger partial charge in [-0.1, -0.05) is 23.7 Å². The molecule has 31 heavy (non-hydrogen) atoms. The van der Waals surface area contributed by atoms with Crippen LogP contribution in [-0.4, -0.2) is 66.3 Å². The van der Waals surface area contributed by atoms with Crippen LogP contribution in [0.1, 0.15) is 0 Å². The number of nitrogens with zero attached hydrogens (tertiary/aromatic N) is 5. The molecular weight excluding hydrogens is 441 g/mol. The maximum absolute atomic E-state index is 12.6. The third-order valence-electron chi connectivity index (χ3n) is 5.06. The van der Waals surface area contributed by atoms with Crippen molar-refractivity contribution in [3.8, 4) is 22.6 Å². The molecule has 7 nitrogen and oxygen atoms in total. The third-order valence-corrected chi connectivity index (χ3v) is 7.14. The summed E-state index contributed by atoms with van der Waals surface area (Å²) in [6.45, 7) is 0.590. The summed E-state index contributed by atoms with van der Waals surface area (Å²) in [6.07, 6.45) is 3.39. The fourth-order valence-corrected chi connectivity index (χ4v) is 4.71. The van der Waals surface area contributed by atoms with Crippen LogP contribution in [0, 0.1) is 0 Å². The van der Waals surface area contributed by atoms with E-state index in [9.17, 15) is 12.8 Å². The summed E-state index contributed by atoms with van der Waals surface area (Å²) in [5, 5.41) is 0.635. The summed E-state index contributed by atoms with van der Waals surface area (Å²) in [4.78, 5) is 15.6. The molecule has 1 aliphatic heterocycles. The van der Waals surface area contributed by atoms with Crippen molar-refractivity contribution in [2.75, 3.05) is 43.5 Å². The first kappa shape index (κ1) is 21.6. The fourth-order valence-electron chi connectivity index (χ4n) is 3.41. The van der Waals surface area contributed by atoms with E-state index in [-0.39, 0.29) is 13.1 Å². The Morgan fingerprint density at radius 3 is 2.39 bits per heavy atom. The zero-order chi connectivity index (χ0) is 21.8. The first-order chi connectivity index (χ1) is 15.0. The number of piperazine rings is 1. The lowest BCUT2D eigenvalue weighted by Gasteiger charge is -2.34. The van der Waals surface area contributed by atoms with Crippen LogP contribution in [0.4, 0.5) is 10.2 Å². The Bertz CT molecular complexity index is 1140. The number of rotatable bonds is 6. The molecule has 0 saturated carbocycles. The molecule has 10 heteroatoms. The van der Waals surface area contributed by atoms with Gasteiger partial charge in [0.05, 0.1) is 11.4 Å².